The molecule has 5 nitrogen and oxygen atoms in total. The summed E-state index contributed by atoms with van der Waals surface area (Å²) in [7, 11) is 0. The molecule has 40 heavy (non-hydrogen) atoms. The summed E-state index contributed by atoms with van der Waals surface area (Å²) in [5.41, 5.74) is 0. The topological polar surface area (TPSA) is 55.8 Å². The summed E-state index contributed by atoms with van der Waals surface area (Å²) in [6.45, 7) is 13.7. The number of rotatable bonds is 30. The molecule has 0 radical (unpaired) electrons. The number of unbranched alkanes of at least 4 members (excludes halogenated alkanes) is 15. The molecule has 0 aromatic rings. The molecule has 0 aromatic carbocycles. The molecular formula is C35H69NO4. The fourth-order valence-corrected chi connectivity index (χ4v) is 5.38. The van der Waals surface area contributed by atoms with Crippen LogP contribution in [0.5, 0.6) is 0 Å². The second kappa shape index (κ2) is 29.4. The van der Waals surface area contributed by atoms with E-state index in [2.05, 4.69) is 39.5 Å². The van der Waals surface area contributed by atoms with Gasteiger partial charge in [-0.25, -0.2) is 0 Å². The van der Waals surface area contributed by atoms with Crippen LogP contribution in [0.2, 0.25) is 0 Å². The van der Waals surface area contributed by atoms with Gasteiger partial charge >= 0.3 is 11.9 Å². The van der Waals surface area contributed by atoms with Crippen molar-refractivity contribution in [2.75, 3.05) is 26.2 Å². The van der Waals surface area contributed by atoms with Crippen LogP contribution in [-0.2, 0) is 19.1 Å². The molecule has 0 heterocycles. The van der Waals surface area contributed by atoms with Crippen molar-refractivity contribution in [3.8, 4) is 0 Å². The zero-order chi connectivity index (χ0) is 29.7. The molecule has 0 aliphatic heterocycles. The summed E-state index contributed by atoms with van der Waals surface area (Å²) in [6.07, 6.45) is 24.7. The number of ether oxygens (including phenoxy) is 2. The fraction of sp³-hybridized carbons (Fsp3) is 0.943. The summed E-state index contributed by atoms with van der Waals surface area (Å²) in [6, 6.07) is 0. The van der Waals surface area contributed by atoms with E-state index < -0.39 is 0 Å². The van der Waals surface area contributed by atoms with Crippen molar-refractivity contribution < 1.29 is 19.1 Å². The second-order valence-corrected chi connectivity index (χ2v) is 11.9. The van der Waals surface area contributed by atoms with Gasteiger partial charge in [0.25, 0.3) is 0 Å². The van der Waals surface area contributed by atoms with E-state index in [-0.39, 0.29) is 30.6 Å². The lowest BCUT2D eigenvalue weighted by Crippen LogP contribution is -2.30. The van der Waals surface area contributed by atoms with Crippen LogP contribution in [0.25, 0.3) is 0 Å². The Bertz CT molecular complexity index is 564. The zero-order valence-corrected chi connectivity index (χ0v) is 27.6. The molecule has 0 bridgehead atoms. The zero-order valence-electron chi connectivity index (χ0n) is 27.6. The van der Waals surface area contributed by atoms with E-state index in [4.69, 9.17) is 9.47 Å². The Hall–Kier alpha value is -1.10. The Kier molecular flexibility index (Phi) is 28.6. The van der Waals surface area contributed by atoms with Crippen molar-refractivity contribution in [1.82, 2.24) is 4.90 Å². The first-order chi connectivity index (χ1) is 19.5. The molecule has 0 rings (SSSR count). The highest BCUT2D eigenvalue weighted by atomic mass is 16.6. The second-order valence-electron chi connectivity index (χ2n) is 11.9. The normalized spacial score (nSPS) is 12.9. The number of esters is 2. The first-order valence-corrected chi connectivity index (χ1v) is 17.6. The minimum atomic E-state index is -0.331. The van der Waals surface area contributed by atoms with Crippen LogP contribution in [0.1, 0.15) is 176 Å². The summed E-state index contributed by atoms with van der Waals surface area (Å²) in [5.74, 6) is -0.272. The number of carbonyl (C=O) groups is 2. The van der Waals surface area contributed by atoms with Gasteiger partial charge < -0.3 is 14.4 Å². The Balaban J connectivity index is 4.85. The minimum Gasteiger partial charge on any atom is -0.462 e. The van der Waals surface area contributed by atoms with Crippen LogP contribution >= 0.6 is 0 Å². The number of carbonyl (C=O) groups excluding carboxylic acids is 2. The molecule has 0 spiro atoms. The minimum absolute atomic E-state index is 0.0230. The van der Waals surface area contributed by atoms with Gasteiger partial charge in [-0.2, -0.15) is 0 Å². The molecular weight excluding hydrogens is 498 g/mol. The molecule has 0 saturated carbocycles. The van der Waals surface area contributed by atoms with Crippen LogP contribution in [0.4, 0.5) is 0 Å². The van der Waals surface area contributed by atoms with Gasteiger partial charge in [0, 0.05) is 6.54 Å². The number of nitrogens with zero attached hydrogens (tertiary/aromatic N) is 1. The lowest BCUT2D eigenvalue weighted by atomic mass is 9.94. The molecule has 0 aliphatic carbocycles. The molecule has 0 aliphatic rings. The average molecular weight is 568 g/mol. The van der Waals surface area contributed by atoms with Crippen molar-refractivity contribution in [1.29, 1.82) is 0 Å². The first kappa shape index (κ1) is 38.9. The van der Waals surface area contributed by atoms with E-state index in [1.54, 1.807) is 0 Å². The first-order valence-electron chi connectivity index (χ1n) is 17.6. The Morgan fingerprint density at radius 2 is 1.00 bits per heavy atom. The van der Waals surface area contributed by atoms with Crippen LogP contribution in [0.15, 0.2) is 0 Å². The molecule has 0 amide bonds. The predicted molar refractivity (Wildman–Crippen MR) is 171 cm³/mol. The van der Waals surface area contributed by atoms with Crippen molar-refractivity contribution in [2.24, 2.45) is 5.92 Å². The maximum Gasteiger partial charge on any atom is 0.309 e. The van der Waals surface area contributed by atoms with Crippen molar-refractivity contribution in [3.05, 3.63) is 0 Å². The highest BCUT2D eigenvalue weighted by Crippen LogP contribution is 2.21. The predicted octanol–water partition coefficient (Wildman–Crippen LogP) is 10.0. The molecule has 2 unspecified atom stereocenters. The monoisotopic (exact) mass is 568 g/mol. The van der Waals surface area contributed by atoms with Gasteiger partial charge in [0.1, 0.15) is 12.7 Å². The maximum absolute atomic E-state index is 13.2. The smallest absolute Gasteiger partial charge is 0.309 e. The van der Waals surface area contributed by atoms with Crippen LogP contribution in [0.3, 0.4) is 0 Å². The Morgan fingerprint density at radius 3 is 1.48 bits per heavy atom. The van der Waals surface area contributed by atoms with Gasteiger partial charge in [0.15, 0.2) is 0 Å². The highest BCUT2D eigenvalue weighted by Gasteiger charge is 2.23. The SMILES string of the molecule is CCCCCCCCCCC(COC(=O)C(CCCCCC)CCCCCCCC)OC(=O)CCN(CC)CC. The molecule has 5 heteroatoms. The van der Waals surface area contributed by atoms with Crippen molar-refractivity contribution >= 4 is 11.9 Å². The van der Waals surface area contributed by atoms with E-state index in [1.807, 2.05) is 0 Å². The quantitative estimate of drug-likeness (QED) is 0.0638. The average Bonchev–Trinajstić information content (AvgIpc) is 2.96. The van der Waals surface area contributed by atoms with Gasteiger partial charge in [-0.3, -0.25) is 9.59 Å². The van der Waals surface area contributed by atoms with Crippen LogP contribution in [0, 0.1) is 5.92 Å². The molecule has 0 N–H and O–H groups in total. The van der Waals surface area contributed by atoms with Gasteiger partial charge in [0.2, 0.25) is 0 Å². The van der Waals surface area contributed by atoms with Crippen LogP contribution in [-0.4, -0.2) is 49.2 Å². The molecule has 2 atom stereocenters. The molecule has 0 fully saturated rings. The van der Waals surface area contributed by atoms with Gasteiger partial charge in [0.05, 0.1) is 12.3 Å². The van der Waals surface area contributed by atoms with E-state index in [9.17, 15) is 9.59 Å². The third kappa shape index (κ3) is 23.6. The van der Waals surface area contributed by atoms with Crippen molar-refractivity contribution in [2.45, 2.75) is 182 Å². The van der Waals surface area contributed by atoms with E-state index in [1.165, 1.54) is 89.9 Å². The van der Waals surface area contributed by atoms with Crippen LogP contribution < -0.4 is 0 Å². The summed E-state index contributed by atoms with van der Waals surface area (Å²) in [4.78, 5) is 28.1. The summed E-state index contributed by atoms with van der Waals surface area (Å²) in [5, 5.41) is 0. The molecule has 0 saturated heterocycles. The third-order valence-corrected chi connectivity index (χ3v) is 8.26. The summed E-state index contributed by atoms with van der Waals surface area (Å²) >= 11 is 0. The van der Waals surface area contributed by atoms with Gasteiger partial charge in [-0.15, -0.1) is 0 Å². The Morgan fingerprint density at radius 1 is 0.575 bits per heavy atom. The third-order valence-electron chi connectivity index (χ3n) is 8.26. The lowest BCUT2D eigenvalue weighted by molar-refractivity contribution is -0.162. The fourth-order valence-electron chi connectivity index (χ4n) is 5.38. The summed E-state index contributed by atoms with van der Waals surface area (Å²) < 4.78 is 11.8. The van der Waals surface area contributed by atoms with Gasteiger partial charge in [-0.05, 0) is 38.8 Å². The standard InChI is InChI=1S/C35H69NO4/c1-6-11-14-17-19-20-22-25-28-33(40-34(37)29-30-36(9-4)10-5)31-39-35(38)32(26-23-16-13-8-3)27-24-21-18-15-12-7-2/h32-33H,6-31H2,1-5H3. The van der Waals surface area contributed by atoms with E-state index in [0.29, 0.717) is 13.0 Å². The lowest BCUT2D eigenvalue weighted by Gasteiger charge is -2.22. The maximum atomic E-state index is 13.2. The highest BCUT2D eigenvalue weighted by molar-refractivity contribution is 5.72. The molecule has 238 valence electrons. The Labute approximate surface area is 249 Å². The van der Waals surface area contributed by atoms with Gasteiger partial charge in [-0.1, -0.05) is 144 Å². The van der Waals surface area contributed by atoms with E-state index >= 15 is 0 Å². The van der Waals surface area contributed by atoms with E-state index in [0.717, 1.165) is 58.0 Å². The molecule has 0 aromatic heterocycles. The number of hydrogen-bond donors (Lipinski definition) is 0. The largest absolute Gasteiger partial charge is 0.462 e. The number of hydrogen-bond acceptors (Lipinski definition) is 5. The van der Waals surface area contributed by atoms with Crippen molar-refractivity contribution in [3.63, 3.8) is 0 Å².